The third kappa shape index (κ3) is 1.70. The molecule has 0 aliphatic carbocycles. The molecule has 0 aromatic carbocycles. The van der Waals surface area contributed by atoms with Crippen molar-refractivity contribution in [2.24, 2.45) is 0 Å². The molecule has 0 bridgehead atoms. The molecule has 9 heavy (non-hydrogen) atoms. The highest BCUT2D eigenvalue weighted by atomic mass is 127. The normalized spacial score (nSPS) is 9.00. The zero-order valence-electron chi connectivity index (χ0n) is 4.41. The Morgan fingerprint density at radius 3 is 2.78 bits per heavy atom. The van der Waals surface area contributed by atoms with Crippen molar-refractivity contribution in [3.63, 3.8) is 0 Å². The van der Waals surface area contributed by atoms with E-state index < -0.39 is 0 Å². The second-order valence-corrected chi connectivity index (χ2v) is 2.35. The zero-order chi connectivity index (χ0) is 6.69. The Kier molecular flexibility index (Phi) is 2.10. The first kappa shape index (κ1) is 6.60. The second kappa shape index (κ2) is 2.86. The number of halogens is 1. The Bertz CT molecular complexity index is 211. The van der Waals surface area contributed by atoms with Crippen molar-refractivity contribution in [2.75, 3.05) is 0 Å². The molecule has 0 N–H and O–H groups in total. The van der Waals surface area contributed by atoms with Gasteiger partial charge in [-0.05, 0) is 6.07 Å². The van der Waals surface area contributed by atoms with E-state index in [1.807, 2.05) is 0 Å². The number of carbonyl (C=O) groups is 1. The fourth-order valence-corrected chi connectivity index (χ4v) is 0.726. The summed E-state index contributed by atoms with van der Waals surface area (Å²) in [5.41, 5.74) is 0.450. The van der Waals surface area contributed by atoms with Crippen LogP contribution in [0, 0.1) is 0 Å². The second-order valence-electron chi connectivity index (χ2n) is 1.37. The molecule has 0 saturated carbocycles. The van der Waals surface area contributed by atoms with E-state index in [-0.39, 0.29) is 3.79 Å². The summed E-state index contributed by atoms with van der Waals surface area (Å²) in [6.07, 6.45) is 2.89. The molecule has 0 spiro atoms. The minimum Gasteiger partial charge on any atom is -0.280 e. The van der Waals surface area contributed by atoms with Crippen molar-refractivity contribution in [1.29, 1.82) is 0 Å². The van der Waals surface area contributed by atoms with Gasteiger partial charge in [0, 0.05) is 28.8 Å². The molecule has 1 aromatic heterocycles. The molecule has 0 aliphatic heterocycles. The Hall–Kier alpha value is -0.520. The minimum atomic E-state index is -0.0602. The van der Waals surface area contributed by atoms with Crippen LogP contribution in [0.2, 0.25) is 0 Å². The summed E-state index contributed by atoms with van der Waals surface area (Å²) in [6, 6.07) is 1.58. The van der Waals surface area contributed by atoms with Gasteiger partial charge >= 0.3 is 0 Å². The molecule has 0 saturated heterocycles. The maximum atomic E-state index is 10.5. The van der Waals surface area contributed by atoms with Crippen LogP contribution in [0.1, 0.15) is 10.5 Å². The highest BCUT2D eigenvalue weighted by Gasteiger charge is 1.97. The smallest absolute Gasteiger partial charge is 0.240 e. The van der Waals surface area contributed by atoms with E-state index in [0.717, 1.165) is 0 Å². The van der Waals surface area contributed by atoms with Crippen LogP contribution in [0.15, 0.2) is 18.6 Å². The molecular formula is C5H3IN2O. The Balaban J connectivity index is 2.98. The molecule has 1 aromatic rings. The molecule has 1 rings (SSSR count). The largest absolute Gasteiger partial charge is 0.280 e. The number of nitrogens with zero attached hydrogens (tertiary/aromatic N) is 2. The summed E-state index contributed by atoms with van der Waals surface area (Å²) >= 11 is 1.68. The predicted octanol–water partition coefficient (Wildman–Crippen LogP) is 1.05. The van der Waals surface area contributed by atoms with Gasteiger partial charge in [0.1, 0.15) is 12.0 Å². The van der Waals surface area contributed by atoms with Crippen LogP contribution in [0.25, 0.3) is 0 Å². The maximum Gasteiger partial charge on any atom is 0.240 e. The molecule has 0 radical (unpaired) electrons. The van der Waals surface area contributed by atoms with Gasteiger partial charge in [0.2, 0.25) is 3.79 Å². The molecule has 46 valence electrons. The Morgan fingerprint density at radius 2 is 2.44 bits per heavy atom. The van der Waals surface area contributed by atoms with Gasteiger partial charge in [-0.2, -0.15) is 0 Å². The van der Waals surface area contributed by atoms with E-state index in [4.69, 9.17) is 0 Å². The van der Waals surface area contributed by atoms with E-state index in [0.29, 0.717) is 5.69 Å². The van der Waals surface area contributed by atoms with Gasteiger partial charge in [-0.3, -0.25) is 4.79 Å². The summed E-state index contributed by atoms with van der Waals surface area (Å²) in [4.78, 5) is 17.9. The molecule has 0 fully saturated rings. The third-order valence-electron chi connectivity index (χ3n) is 0.783. The van der Waals surface area contributed by atoms with E-state index in [9.17, 15) is 4.79 Å². The van der Waals surface area contributed by atoms with Gasteiger partial charge in [-0.25, -0.2) is 9.97 Å². The topological polar surface area (TPSA) is 42.9 Å². The SMILES string of the molecule is O=C(I)c1ccncn1. The number of hydrogen-bond donors (Lipinski definition) is 0. The van der Waals surface area contributed by atoms with Gasteiger partial charge < -0.3 is 0 Å². The van der Waals surface area contributed by atoms with Crippen molar-refractivity contribution in [2.45, 2.75) is 0 Å². The first-order valence-electron chi connectivity index (χ1n) is 2.26. The number of hydrogen-bond acceptors (Lipinski definition) is 3. The lowest BCUT2D eigenvalue weighted by Gasteiger charge is -1.86. The fourth-order valence-electron chi connectivity index (χ4n) is 0.407. The minimum absolute atomic E-state index is 0.0602. The molecule has 0 aliphatic rings. The van der Waals surface area contributed by atoms with Gasteiger partial charge in [0.15, 0.2) is 0 Å². The van der Waals surface area contributed by atoms with Crippen molar-refractivity contribution in [3.05, 3.63) is 24.3 Å². The first-order chi connectivity index (χ1) is 4.30. The van der Waals surface area contributed by atoms with Crippen molar-refractivity contribution in [1.82, 2.24) is 9.97 Å². The van der Waals surface area contributed by atoms with E-state index in [1.54, 1.807) is 34.9 Å². The predicted molar refractivity (Wildman–Crippen MR) is 40.4 cm³/mol. The van der Waals surface area contributed by atoms with E-state index >= 15 is 0 Å². The van der Waals surface area contributed by atoms with Crippen molar-refractivity contribution < 1.29 is 4.79 Å². The molecule has 3 nitrogen and oxygen atoms in total. The lowest BCUT2D eigenvalue weighted by molar-refractivity contribution is 0.110. The molecule has 0 unspecified atom stereocenters. The van der Waals surface area contributed by atoms with Gasteiger partial charge in [0.25, 0.3) is 0 Å². The van der Waals surface area contributed by atoms with Crippen LogP contribution in [-0.4, -0.2) is 13.8 Å². The highest BCUT2D eigenvalue weighted by molar-refractivity contribution is 14.1. The summed E-state index contributed by atoms with van der Waals surface area (Å²) in [5.74, 6) is 0. The standard InChI is InChI=1S/C5H3IN2O/c6-5(9)4-1-2-7-3-8-4/h1-3H. The monoisotopic (exact) mass is 234 g/mol. The summed E-state index contributed by atoms with van der Waals surface area (Å²) in [7, 11) is 0. The van der Waals surface area contributed by atoms with Gasteiger partial charge in [0.05, 0.1) is 0 Å². The zero-order valence-corrected chi connectivity index (χ0v) is 6.57. The maximum absolute atomic E-state index is 10.5. The quantitative estimate of drug-likeness (QED) is 0.538. The summed E-state index contributed by atoms with van der Waals surface area (Å²) in [5, 5.41) is 0. The van der Waals surface area contributed by atoms with Crippen molar-refractivity contribution >= 4 is 26.4 Å². The lowest BCUT2D eigenvalue weighted by atomic mass is 10.5. The molecule has 4 heteroatoms. The lowest BCUT2D eigenvalue weighted by Crippen LogP contribution is -1.91. The van der Waals surface area contributed by atoms with Crippen LogP contribution < -0.4 is 0 Å². The first-order valence-corrected chi connectivity index (χ1v) is 3.34. The molecular weight excluding hydrogens is 231 g/mol. The summed E-state index contributed by atoms with van der Waals surface area (Å²) in [6.45, 7) is 0. The fraction of sp³-hybridized carbons (Fsp3) is 0. The highest BCUT2D eigenvalue weighted by Crippen LogP contribution is 1.98. The van der Waals surface area contributed by atoms with Crippen LogP contribution in [0.4, 0.5) is 0 Å². The summed E-state index contributed by atoms with van der Waals surface area (Å²) < 4.78 is -0.0602. The van der Waals surface area contributed by atoms with Gasteiger partial charge in [-0.1, -0.05) is 0 Å². The Morgan fingerprint density at radius 1 is 1.67 bits per heavy atom. The van der Waals surface area contributed by atoms with Crippen LogP contribution >= 0.6 is 22.6 Å². The van der Waals surface area contributed by atoms with E-state index in [1.165, 1.54) is 6.33 Å². The number of carbonyl (C=O) groups excluding carboxylic acids is 1. The van der Waals surface area contributed by atoms with Crippen LogP contribution in [0.3, 0.4) is 0 Å². The number of rotatable bonds is 1. The van der Waals surface area contributed by atoms with Crippen LogP contribution in [0.5, 0.6) is 0 Å². The molecule has 0 atom stereocenters. The molecule has 1 heterocycles. The average Bonchev–Trinajstić information content (AvgIpc) is 1.90. The average molecular weight is 234 g/mol. The van der Waals surface area contributed by atoms with Crippen LogP contribution in [-0.2, 0) is 0 Å². The Labute approximate surface area is 65.7 Å². The third-order valence-corrected chi connectivity index (χ3v) is 1.34. The van der Waals surface area contributed by atoms with Gasteiger partial charge in [-0.15, -0.1) is 0 Å². The van der Waals surface area contributed by atoms with Crippen molar-refractivity contribution in [3.8, 4) is 0 Å². The molecule has 0 amide bonds. The number of aromatic nitrogens is 2. The van der Waals surface area contributed by atoms with E-state index in [2.05, 4.69) is 9.97 Å².